The van der Waals surface area contributed by atoms with Crippen molar-refractivity contribution >= 4 is 27.5 Å². The van der Waals surface area contributed by atoms with Crippen molar-refractivity contribution in [1.82, 2.24) is 9.62 Å². The lowest BCUT2D eigenvalue weighted by atomic mass is 10.1. The molecule has 1 N–H and O–H groups in total. The number of benzene rings is 1. The lowest BCUT2D eigenvalue weighted by Gasteiger charge is -2.32. The van der Waals surface area contributed by atoms with Crippen LogP contribution >= 0.6 is 11.6 Å². The van der Waals surface area contributed by atoms with E-state index in [0.29, 0.717) is 24.5 Å². The molecule has 1 aromatic carbocycles. The van der Waals surface area contributed by atoms with E-state index in [2.05, 4.69) is 4.72 Å². The second-order valence-corrected chi connectivity index (χ2v) is 7.59. The molecule has 1 amide bonds. The third kappa shape index (κ3) is 5.30. The molecule has 21 heavy (non-hydrogen) atoms. The van der Waals surface area contributed by atoms with Gasteiger partial charge >= 0.3 is 0 Å². The molecule has 0 unspecified atom stereocenters. The minimum absolute atomic E-state index is 0.0114. The lowest BCUT2D eigenvalue weighted by molar-refractivity contribution is -0.131. The Kier molecular flexibility index (Phi) is 5.24. The van der Waals surface area contributed by atoms with Gasteiger partial charge in [0.1, 0.15) is 0 Å². The first-order chi connectivity index (χ1) is 9.83. The van der Waals surface area contributed by atoms with Gasteiger partial charge in [0.25, 0.3) is 0 Å². The maximum Gasteiger partial charge on any atom is 0.227 e. The van der Waals surface area contributed by atoms with Crippen molar-refractivity contribution in [3.63, 3.8) is 0 Å². The highest BCUT2D eigenvalue weighted by atomic mass is 35.5. The molecule has 1 fully saturated rings. The van der Waals surface area contributed by atoms with Crippen molar-refractivity contribution in [1.29, 1.82) is 0 Å². The summed E-state index contributed by atoms with van der Waals surface area (Å²) in [5, 5.41) is 0.640. The minimum Gasteiger partial charge on any atom is -0.341 e. The summed E-state index contributed by atoms with van der Waals surface area (Å²) in [6, 6.07) is 6.98. The summed E-state index contributed by atoms with van der Waals surface area (Å²) in [6.07, 6.45) is 3.02. The van der Waals surface area contributed by atoms with Gasteiger partial charge in [-0.15, -0.1) is 0 Å². The molecule has 1 aliphatic rings. The maximum atomic E-state index is 12.3. The largest absolute Gasteiger partial charge is 0.341 e. The van der Waals surface area contributed by atoms with E-state index in [9.17, 15) is 13.2 Å². The number of hydrogen-bond acceptors (Lipinski definition) is 3. The van der Waals surface area contributed by atoms with Crippen LogP contribution in [0.15, 0.2) is 24.3 Å². The van der Waals surface area contributed by atoms with Crippen LogP contribution in [0.2, 0.25) is 5.02 Å². The van der Waals surface area contributed by atoms with Crippen LogP contribution < -0.4 is 4.72 Å². The normalized spacial score (nSPS) is 19.5. The summed E-state index contributed by atoms with van der Waals surface area (Å²) in [7, 11) is -3.24. The Bertz CT molecular complexity index is 601. The second kappa shape index (κ2) is 6.77. The molecule has 5 nitrogen and oxygen atoms in total. The Balaban J connectivity index is 1.94. The summed E-state index contributed by atoms with van der Waals surface area (Å²) in [5.74, 6) is 0.0114. The number of amides is 1. The van der Waals surface area contributed by atoms with Crippen molar-refractivity contribution < 1.29 is 13.2 Å². The number of nitrogens with one attached hydrogen (secondary N) is 1. The first kappa shape index (κ1) is 16.3. The highest BCUT2D eigenvalue weighted by Crippen LogP contribution is 2.14. The lowest BCUT2D eigenvalue weighted by Crippen LogP contribution is -2.49. The highest BCUT2D eigenvalue weighted by molar-refractivity contribution is 7.88. The summed E-state index contributed by atoms with van der Waals surface area (Å²) in [5.41, 5.74) is 0.905. The number of carbonyl (C=O) groups excluding carboxylic acids is 1. The Hall–Kier alpha value is -1.11. The second-order valence-electron chi connectivity index (χ2n) is 5.37. The summed E-state index contributed by atoms with van der Waals surface area (Å²) in [6.45, 7) is 1.11. The maximum absolute atomic E-state index is 12.3. The van der Waals surface area contributed by atoms with E-state index in [1.165, 1.54) is 0 Å². The zero-order chi connectivity index (χ0) is 15.5. The minimum atomic E-state index is -3.24. The first-order valence-electron chi connectivity index (χ1n) is 6.83. The van der Waals surface area contributed by atoms with Crippen molar-refractivity contribution in [3.05, 3.63) is 34.9 Å². The van der Waals surface area contributed by atoms with E-state index in [1.807, 2.05) is 12.1 Å². The predicted molar refractivity (Wildman–Crippen MR) is 82.7 cm³/mol. The molecular weight excluding hydrogens is 312 g/mol. The third-order valence-corrected chi connectivity index (χ3v) is 4.44. The smallest absolute Gasteiger partial charge is 0.227 e. The van der Waals surface area contributed by atoms with Gasteiger partial charge in [0.2, 0.25) is 15.9 Å². The number of nitrogens with zero attached hydrogens (tertiary/aromatic N) is 1. The SMILES string of the molecule is CS(=O)(=O)N[C@H]1CCCN(C(=O)Cc2ccc(Cl)cc2)C1. The molecule has 7 heteroatoms. The summed E-state index contributed by atoms with van der Waals surface area (Å²) < 4.78 is 25.1. The van der Waals surface area contributed by atoms with Gasteiger partial charge in [-0.05, 0) is 30.5 Å². The molecule has 116 valence electrons. The number of halogens is 1. The predicted octanol–water partition coefficient (Wildman–Crippen LogP) is 1.42. The quantitative estimate of drug-likeness (QED) is 0.908. The van der Waals surface area contributed by atoms with Crippen molar-refractivity contribution in [2.24, 2.45) is 0 Å². The van der Waals surface area contributed by atoms with Crippen LogP contribution in [0.4, 0.5) is 0 Å². The third-order valence-electron chi connectivity index (χ3n) is 3.42. The topological polar surface area (TPSA) is 66.5 Å². The number of rotatable bonds is 4. The van der Waals surface area contributed by atoms with Crippen molar-refractivity contribution in [3.8, 4) is 0 Å². The van der Waals surface area contributed by atoms with Crippen LogP contribution in [-0.4, -0.2) is 44.6 Å². The first-order valence-corrected chi connectivity index (χ1v) is 9.10. The zero-order valence-electron chi connectivity index (χ0n) is 11.9. The Morgan fingerprint density at radius 2 is 2.05 bits per heavy atom. The van der Waals surface area contributed by atoms with Crippen molar-refractivity contribution in [2.45, 2.75) is 25.3 Å². The molecular formula is C14H19ClN2O3S. The fourth-order valence-electron chi connectivity index (χ4n) is 2.49. The van der Waals surface area contributed by atoms with Crippen LogP contribution in [0.25, 0.3) is 0 Å². The summed E-state index contributed by atoms with van der Waals surface area (Å²) >= 11 is 5.82. The zero-order valence-corrected chi connectivity index (χ0v) is 13.5. The van der Waals surface area contributed by atoms with E-state index in [1.54, 1.807) is 17.0 Å². The fraction of sp³-hybridized carbons (Fsp3) is 0.500. The fourth-order valence-corrected chi connectivity index (χ4v) is 3.42. The number of likely N-dealkylation sites (tertiary alicyclic amines) is 1. The molecule has 0 aromatic heterocycles. The molecule has 0 spiro atoms. The van der Waals surface area contributed by atoms with Gasteiger partial charge in [0, 0.05) is 24.2 Å². The van der Waals surface area contributed by atoms with Gasteiger partial charge < -0.3 is 4.90 Å². The number of carbonyl (C=O) groups is 1. The van der Waals surface area contributed by atoms with Crippen LogP contribution in [0, 0.1) is 0 Å². The molecule has 0 radical (unpaired) electrons. The molecule has 1 heterocycles. The van der Waals surface area contributed by atoms with E-state index in [0.717, 1.165) is 24.7 Å². The standard InChI is InChI=1S/C14H19ClN2O3S/c1-21(19,20)16-13-3-2-8-17(10-13)14(18)9-11-4-6-12(15)7-5-11/h4-7,13,16H,2-3,8-10H2,1H3/t13-/m0/s1. The van der Waals surface area contributed by atoms with Gasteiger partial charge in [-0.2, -0.15) is 0 Å². The van der Waals surface area contributed by atoms with Crippen LogP contribution in [0.5, 0.6) is 0 Å². The Morgan fingerprint density at radius 3 is 2.67 bits per heavy atom. The van der Waals surface area contributed by atoms with Gasteiger partial charge in [0.05, 0.1) is 12.7 Å². The van der Waals surface area contributed by atoms with E-state index in [-0.39, 0.29) is 11.9 Å². The summed E-state index contributed by atoms with van der Waals surface area (Å²) in [4.78, 5) is 14.0. The highest BCUT2D eigenvalue weighted by Gasteiger charge is 2.25. The van der Waals surface area contributed by atoms with E-state index >= 15 is 0 Å². The van der Waals surface area contributed by atoms with Crippen LogP contribution in [0.1, 0.15) is 18.4 Å². The Morgan fingerprint density at radius 1 is 1.38 bits per heavy atom. The van der Waals surface area contributed by atoms with E-state index < -0.39 is 10.0 Å². The molecule has 1 aliphatic heterocycles. The van der Waals surface area contributed by atoms with Crippen LogP contribution in [0.3, 0.4) is 0 Å². The monoisotopic (exact) mass is 330 g/mol. The van der Waals surface area contributed by atoms with Gasteiger partial charge in [-0.1, -0.05) is 23.7 Å². The molecule has 1 atom stereocenters. The molecule has 1 aromatic rings. The van der Waals surface area contributed by atoms with Gasteiger partial charge in [-0.25, -0.2) is 13.1 Å². The van der Waals surface area contributed by atoms with E-state index in [4.69, 9.17) is 11.6 Å². The molecule has 0 bridgehead atoms. The number of hydrogen-bond donors (Lipinski definition) is 1. The molecule has 2 rings (SSSR count). The van der Waals surface area contributed by atoms with Gasteiger partial charge in [0.15, 0.2) is 0 Å². The molecule has 0 saturated carbocycles. The van der Waals surface area contributed by atoms with Crippen molar-refractivity contribution in [2.75, 3.05) is 19.3 Å². The number of sulfonamides is 1. The molecule has 0 aliphatic carbocycles. The average molecular weight is 331 g/mol. The Labute approximate surface area is 130 Å². The molecule has 1 saturated heterocycles. The van der Waals surface area contributed by atoms with Crippen LogP contribution in [-0.2, 0) is 21.2 Å². The number of piperidine rings is 1. The van der Waals surface area contributed by atoms with Gasteiger partial charge in [-0.3, -0.25) is 4.79 Å². The average Bonchev–Trinajstić information content (AvgIpc) is 2.40.